The zero-order valence-corrected chi connectivity index (χ0v) is 12.9. The summed E-state index contributed by atoms with van der Waals surface area (Å²) in [6.07, 6.45) is 2.54. The summed E-state index contributed by atoms with van der Waals surface area (Å²) in [5, 5.41) is 10.7. The van der Waals surface area contributed by atoms with E-state index in [2.05, 4.69) is 32.7 Å². The van der Waals surface area contributed by atoms with Crippen molar-refractivity contribution in [3.8, 4) is 0 Å². The van der Waals surface area contributed by atoms with Crippen LogP contribution in [0.5, 0.6) is 0 Å². The number of aromatic nitrogens is 1. The molecule has 1 atom stereocenters. The van der Waals surface area contributed by atoms with E-state index >= 15 is 0 Å². The van der Waals surface area contributed by atoms with Gasteiger partial charge in [0.2, 0.25) is 0 Å². The third-order valence-electron chi connectivity index (χ3n) is 4.01. The van der Waals surface area contributed by atoms with Gasteiger partial charge in [0.05, 0.1) is 5.69 Å². The number of likely N-dealkylation sites (tertiary alicyclic amines) is 1. The number of nitrogens with one attached hydrogen (secondary N) is 2. The van der Waals surface area contributed by atoms with Gasteiger partial charge in [-0.2, -0.15) is 0 Å². The molecule has 0 radical (unpaired) electrons. The molecule has 1 unspecified atom stereocenters. The highest BCUT2D eigenvalue weighted by Gasteiger charge is 2.20. The van der Waals surface area contributed by atoms with Crippen molar-refractivity contribution < 1.29 is 4.52 Å². The molecule has 1 aromatic rings. The van der Waals surface area contributed by atoms with E-state index in [-0.39, 0.29) is 0 Å². The fourth-order valence-corrected chi connectivity index (χ4v) is 2.60. The Morgan fingerprint density at radius 3 is 2.80 bits per heavy atom. The van der Waals surface area contributed by atoms with Crippen LogP contribution in [0.4, 0.5) is 0 Å². The Morgan fingerprint density at radius 2 is 2.25 bits per heavy atom. The Labute approximate surface area is 120 Å². The maximum Gasteiger partial charge on any atom is 0.191 e. The van der Waals surface area contributed by atoms with Gasteiger partial charge in [-0.1, -0.05) is 5.16 Å². The van der Waals surface area contributed by atoms with Gasteiger partial charge in [0.1, 0.15) is 5.76 Å². The number of guanidine groups is 1. The smallest absolute Gasteiger partial charge is 0.191 e. The minimum absolute atomic E-state index is 0.604. The molecule has 1 aliphatic rings. The summed E-state index contributed by atoms with van der Waals surface area (Å²) in [5.41, 5.74) is 2.03. The normalized spacial score (nSPS) is 20.4. The number of hydrogen-bond acceptors (Lipinski definition) is 4. The fraction of sp³-hybridized carbons (Fsp3) is 0.714. The van der Waals surface area contributed by atoms with Crippen molar-refractivity contribution >= 4 is 5.96 Å². The van der Waals surface area contributed by atoms with Gasteiger partial charge < -0.3 is 20.1 Å². The Bertz CT molecular complexity index is 449. The van der Waals surface area contributed by atoms with Gasteiger partial charge in [-0.3, -0.25) is 4.99 Å². The number of rotatable bonds is 4. The van der Waals surface area contributed by atoms with E-state index in [1.54, 1.807) is 7.05 Å². The highest BCUT2D eigenvalue weighted by molar-refractivity contribution is 5.79. The molecule has 0 aliphatic carbocycles. The largest absolute Gasteiger partial charge is 0.361 e. The molecule has 0 amide bonds. The average molecular weight is 279 g/mol. The van der Waals surface area contributed by atoms with Gasteiger partial charge in [-0.25, -0.2) is 0 Å². The Morgan fingerprint density at radius 1 is 1.45 bits per heavy atom. The lowest BCUT2D eigenvalue weighted by atomic mass is 10.2. The van der Waals surface area contributed by atoms with Crippen molar-refractivity contribution in [3.05, 3.63) is 17.0 Å². The molecular weight excluding hydrogens is 254 g/mol. The molecule has 6 heteroatoms. The minimum Gasteiger partial charge on any atom is -0.361 e. The second kappa shape index (κ2) is 6.74. The first-order valence-electron chi connectivity index (χ1n) is 7.18. The first kappa shape index (κ1) is 14.8. The van der Waals surface area contributed by atoms with Crippen molar-refractivity contribution in [3.63, 3.8) is 0 Å². The molecule has 0 spiro atoms. The first-order chi connectivity index (χ1) is 9.61. The van der Waals surface area contributed by atoms with Crippen LogP contribution < -0.4 is 10.6 Å². The Balaban J connectivity index is 1.81. The summed E-state index contributed by atoms with van der Waals surface area (Å²) in [5.74, 6) is 1.69. The quantitative estimate of drug-likeness (QED) is 0.637. The maximum atomic E-state index is 5.16. The van der Waals surface area contributed by atoms with E-state index in [1.807, 2.05) is 13.8 Å². The molecule has 2 N–H and O–H groups in total. The second-order valence-electron chi connectivity index (χ2n) is 5.39. The van der Waals surface area contributed by atoms with E-state index in [4.69, 9.17) is 4.52 Å². The highest BCUT2D eigenvalue weighted by atomic mass is 16.5. The molecule has 6 nitrogen and oxygen atoms in total. The summed E-state index contributed by atoms with van der Waals surface area (Å²) in [4.78, 5) is 6.66. The molecular formula is C14H25N5O. The Hall–Kier alpha value is -1.56. The van der Waals surface area contributed by atoms with Gasteiger partial charge in [-0.15, -0.1) is 0 Å². The summed E-state index contributed by atoms with van der Waals surface area (Å²) in [6, 6.07) is 0.604. The Kier molecular flexibility index (Phi) is 5.00. The van der Waals surface area contributed by atoms with Crippen LogP contribution in [0.2, 0.25) is 0 Å². The minimum atomic E-state index is 0.604. The molecule has 0 saturated carbocycles. The number of likely N-dealkylation sites (N-methyl/N-ethyl adjacent to an activating group) is 1. The lowest BCUT2D eigenvalue weighted by molar-refractivity contribution is 0.309. The zero-order chi connectivity index (χ0) is 14.5. The third kappa shape index (κ3) is 3.50. The molecule has 1 fully saturated rings. The fourth-order valence-electron chi connectivity index (χ4n) is 2.60. The van der Waals surface area contributed by atoms with Crippen molar-refractivity contribution in [2.24, 2.45) is 4.99 Å². The van der Waals surface area contributed by atoms with Gasteiger partial charge in [0.15, 0.2) is 5.96 Å². The molecule has 2 rings (SSSR count). The summed E-state index contributed by atoms with van der Waals surface area (Å²) in [6.45, 7) is 6.69. The van der Waals surface area contributed by atoms with E-state index < -0.39 is 0 Å². The maximum absolute atomic E-state index is 5.16. The second-order valence-corrected chi connectivity index (χ2v) is 5.39. The van der Waals surface area contributed by atoms with Crippen LogP contribution in [-0.2, 0) is 6.54 Å². The monoisotopic (exact) mass is 279 g/mol. The van der Waals surface area contributed by atoms with Crippen LogP contribution in [0.15, 0.2) is 9.52 Å². The lowest BCUT2D eigenvalue weighted by Crippen LogP contribution is -2.43. The van der Waals surface area contributed by atoms with Crippen molar-refractivity contribution in [2.45, 2.75) is 39.3 Å². The standard InChI is InChI=1S/C14H25N5O/c1-10-13(11(2)20-18-10)9-17-14(15-3)16-8-12-6-5-7-19(12)4/h12H,5-9H2,1-4H3,(H2,15,16,17). The first-order valence-corrected chi connectivity index (χ1v) is 7.18. The summed E-state index contributed by atoms with van der Waals surface area (Å²) < 4.78 is 5.16. The van der Waals surface area contributed by atoms with Gasteiger partial charge in [-0.05, 0) is 40.3 Å². The predicted molar refractivity (Wildman–Crippen MR) is 79.8 cm³/mol. The molecule has 1 aromatic heterocycles. The molecule has 1 saturated heterocycles. The third-order valence-corrected chi connectivity index (χ3v) is 4.01. The van der Waals surface area contributed by atoms with Crippen LogP contribution in [0.3, 0.4) is 0 Å². The van der Waals surface area contributed by atoms with E-state index in [0.717, 1.165) is 29.5 Å². The highest BCUT2D eigenvalue weighted by Crippen LogP contribution is 2.13. The summed E-state index contributed by atoms with van der Waals surface area (Å²) in [7, 11) is 3.97. The van der Waals surface area contributed by atoms with Crippen molar-refractivity contribution in [1.29, 1.82) is 0 Å². The molecule has 2 heterocycles. The topological polar surface area (TPSA) is 65.7 Å². The lowest BCUT2D eigenvalue weighted by Gasteiger charge is -2.21. The van der Waals surface area contributed by atoms with Crippen molar-refractivity contribution in [1.82, 2.24) is 20.7 Å². The molecule has 0 bridgehead atoms. The van der Waals surface area contributed by atoms with Crippen LogP contribution in [0, 0.1) is 13.8 Å². The summed E-state index contributed by atoms with van der Waals surface area (Å²) >= 11 is 0. The van der Waals surface area contributed by atoms with E-state index in [9.17, 15) is 0 Å². The van der Waals surface area contributed by atoms with Crippen molar-refractivity contribution in [2.75, 3.05) is 27.2 Å². The number of nitrogens with zero attached hydrogens (tertiary/aromatic N) is 3. The molecule has 20 heavy (non-hydrogen) atoms. The zero-order valence-electron chi connectivity index (χ0n) is 12.9. The van der Waals surface area contributed by atoms with Gasteiger partial charge in [0.25, 0.3) is 0 Å². The van der Waals surface area contributed by atoms with Crippen LogP contribution in [0.1, 0.15) is 29.9 Å². The molecule has 1 aliphatic heterocycles. The van der Waals surface area contributed by atoms with Gasteiger partial charge >= 0.3 is 0 Å². The predicted octanol–water partition coefficient (Wildman–Crippen LogP) is 1.05. The molecule has 0 aromatic carbocycles. The molecule has 112 valence electrons. The SMILES string of the molecule is CN=C(NCc1c(C)noc1C)NCC1CCCN1C. The average Bonchev–Trinajstić information content (AvgIpc) is 2.98. The van der Waals surface area contributed by atoms with E-state index in [1.165, 1.54) is 19.4 Å². The number of aliphatic imine (C=N–C) groups is 1. The van der Waals surface area contributed by atoms with Crippen LogP contribution >= 0.6 is 0 Å². The van der Waals surface area contributed by atoms with Crippen LogP contribution in [-0.4, -0.2) is 49.2 Å². The van der Waals surface area contributed by atoms with Crippen LogP contribution in [0.25, 0.3) is 0 Å². The number of aryl methyl sites for hydroxylation is 2. The number of hydrogen-bond donors (Lipinski definition) is 2. The van der Waals surface area contributed by atoms with Gasteiger partial charge in [0, 0.05) is 31.7 Å². The van der Waals surface area contributed by atoms with E-state index in [0.29, 0.717) is 12.6 Å².